The molecule has 22 heavy (non-hydrogen) atoms. The predicted octanol–water partition coefficient (Wildman–Crippen LogP) is 1.54. The zero-order valence-corrected chi connectivity index (χ0v) is 13.4. The number of carbonyl (C=O) groups excluding carboxylic acids is 5. The standard InChI is InChI=1S/C16H25NO5/c1-3-12(18)5-6-13(19)7-8-14(20)9-10-15(21)11-16(22)17-4-2/h3-11H2,1-2H3,(H,17,22). The molecule has 0 aromatic carbocycles. The average molecular weight is 311 g/mol. The van der Waals surface area contributed by atoms with Crippen LogP contribution in [-0.2, 0) is 24.0 Å². The number of Topliss-reactive ketones (excluding diaryl/α,β-unsaturated/α-hetero) is 4. The third-order valence-electron chi connectivity index (χ3n) is 3.17. The molecule has 6 nitrogen and oxygen atoms in total. The Balaban J connectivity index is 3.81. The largest absolute Gasteiger partial charge is 0.356 e. The Morgan fingerprint density at radius 2 is 1.05 bits per heavy atom. The van der Waals surface area contributed by atoms with Crippen LogP contribution in [0.1, 0.15) is 65.2 Å². The zero-order valence-electron chi connectivity index (χ0n) is 13.4. The zero-order chi connectivity index (χ0) is 17.0. The highest BCUT2D eigenvalue weighted by molar-refractivity contribution is 5.99. The van der Waals surface area contributed by atoms with Crippen molar-refractivity contribution in [3.8, 4) is 0 Å². The van der Waals surface area contributed by atoms with Crippen molar-refractivity contribution in [1.82, 2.24) is 5.32 Å². The summed E-state index contributed by atoms with van der Waals surface area (Å²) >= 11 is 0. The van der Waals surface area contributed by atoms with E-state index in [0.717, 1.165) is 0 Å². The predicted molar refractivity (Wildman–Crippen MR) is 81.3 cm³/mol. The van der Waals surface area contributed by atoms with Crippen molar-refractivity contribution in [3.63, 3.8) is 0 Å². The summed E-state index contributed by atoms with van der Waals surface area (Å²) in [7, 11) is 0. The maximum absolute atomic E-state index is 11.6. The molecule has 0 rings (SSSR count). The molecule has 0 radical (unpaired) electrons. The van der Waals surface area contributed by atoms with Gasteiger partial charge in [-0.1, -0.05) is 6.92 Å². The molecule has 0 heterocycles. The molecule has 0 fully saturated rings. The van der Waals surface area contributed by atoms with Crippen LogP contribution >= 0.6 is 0 Å². The van der Waals surface area contributed by atoms with E-state index in [1.54, 1.807) is 13.8 Å². The van der Waals surface area contributed by atoms with Crippen molar-refractivity contribution in [1.29, 1.82) is 0 Å². The van der Waals surface area contributed by atoms with E-state index in [4.69, 9.17) is 0 Å². The second kappa shape index (κ2) is 11.8. The van der Waals surface area contributed by atoms with E-state index >= 15 is 0 Å². The first-order valence-corrected chi connectivity index (χ1v) is 7.72. The van der Waals surface area contributed by atoms with Crippen molar-refractivity contribution in [3.05, 3.63) is 0 Å². The second-order valence-corrected chi connectivity index (χ2v) is 5.14. The van der Waals surface area contributed by atoms with Gasteiger partial charge in [0.25, 0.3) is 0 Å². The molecule has 124 valence electrons. The second-order valence-electron chi connectivity index (χ2n) is 5.14. The van der Waals surface area contributed by atoms with Crippen molar-refractivity contribution in [2.45, 2.75) is 65.2 Å². The molecular weight excluding hydrogens is 286 g/mol. The number of hydrogen-bond donors (Lipinski definition) is 1. The summed E-state index contributed by atoms with van der Waals surface area (Å²) in [6, 6.07) is 0. The van der Waals surface area contributed by atoms with E-state index < -0.39 is 0 Å². The maximum Gasteiger partial charge on any atom is 0.227 e. The van der Waals surface area contributed by atoms with E-state index in [-0.39, 0.29) is 74.0 Å². The number of rotatable bonds is 13. The number of ketones is 4. The van der Waals surface area contributed by atoms with Gasteiger partial charge in [-0.25, -0.2) is 0 Å². The summed E-state index contributed by atoms with van der Waals surface area (Å²) in [5.74, 6) is -0.853. The highest BCUT2D eigenvalue weighted by atomic mass is 16.2. The number of nitrogens with one attached hydrogen (secondary N) is 1. The molecule has 1 amide bonds. The van der Waals surface area contributed by atoms with Crippen LogP contribution < -0.4 is 5.32 Å². The van der Waals surface area contributed by atoms with Crippen LogP contribution in [0, 0.1) is 0 Å². The summed E-state index contributed by atoms with van der Waals surface area (Å²) in [6.07, 6.45) is 0.898. The van der Waals surface area contributed by atoms with E-state index in [1.165, 1.54) is 0 Å². The molecule has 6 heteroatoms. The van der Waals surface area contributed by atoms with E-state index in [1.807, 2.05) is 0 Å². The van der Waals surface area contributed by atoms with Gasteiger partial charge in [-0.2, -0.15) is 0 Å². The third kappa shape index (κ3) is 10.9. The first-order valence-electron chi connectivity index (χ1n) is 7.72. The Bertz CT molecular complexity index is 428. The number of amides is 1. The lowest BCUT2D eigenvalue weighted by molar-refractivity contribution is -0.130. The summed E-state index contributed by atoms with van der Waals surface area (Å²) in [4.78, 5) is 56.8. The van der Waals surface area contributed by atoms with Crippen molar-refractivity contribution in [2.75, 3.05) is 6.54 Å². The maximum atomic E-state index is 11.6. The fraction of sp³-hybridized carbons (Fsp3) is 0.688. The molecule has 0 aromatic rings. The first kappa shape index (κ1) is 20.1. The first-order chi connectivity index (χ1) is 10.4. The van der Waals surface area contributed by atoms with Gasteiger partial charge < -0.3 is 5.32 Å². The van der Waals surface area contributed by atoms with Gasteiger partial charge in [0.05, 0.1) is 6.42 Å². The van der Waals surface area contributed by atoms with Crippen LogP contribution in [0.25, 0.3) is 0 Å². The van der Waals surface area contributed by atoms with Crippen LogP contribution in [0.3, 0.4) is 0 Å². The summed E-state index contributed by atoms with van der Waals surface area (Å²) in [5.41, 5.74) is 0. The minimum Gasteiger partial charge on any atom is -0.356 e. The highest BCUT2D eigenvalue weighted by Gasteiger charge is 2.13. The lowest BCUT2D eigenvalue weighted by atomic mass is 10.0. The van der Waals surface area contributed by atoms with Gasteiger partial charge in [-0.05, 0) is 6.92 Å². The summed E-state index contributed by atoms with van der Waals surface area (Å²) < 4.78 is 0. The Hall–Kier alpha value is -1.85. The molecule has 1 N–H and O–H groups in total. The topological polar surface area (TPSA) is 97.4 Å². The van der Waals surface area contributed by atoms with E-state index in [9.17, 15) is 24.0 Å². The van der Waals surface area contributed by atoms with Crippen LogP contribution in [0.2, 0.25) is 0 Å². The molecule has 0 saturated carbocycles. The Kier molecular flexibility index (Phi) is 10.8. The number of carbonyl (C=O) groups is 5. The van der Waals surface area contributed by atoms with Crippen molar-refractivity contribution >= 4 is 29.0 Å². The minimum absolute atomic E-state index is 0.0263. The lowest BCUT2D eigenvalue weighted by Gasteiger charge is -2.02. The van der Waals surface area contributed by atoms with E-state index in [0.29, 0.717) is 13.0 Å². The van der Waals surface area contributed by atoms with Gasteiger partial charge in [0.2, 0.25) is 5.91 Å². The molecule has 0 unspecified atom stereocenters. The van der Waals surface area contributed by atoms with Crippen molar-refractivity contribution in [2.24, 2.45) is 0 Å². The molecule has 0 saturated heterocycles. The Labute approximate surface area is 131 Å². The fourth-order valence-electron chi connectivity index (χ4n) is 1.79. The van der Waals surface area contributed by atoms with Gasteiger partial charge >= 0.3 is 0 Å². The molecule has 0 bridgehead atoms. The smallest absolute Gasteiger partial charge is 0.227 e. The quantitative estimate of drug-likeness (QED) is 0.520. The van der Waals surface area contributed by atoms with Gasteiger partial charge in [-0.3, -0.25) is 24.0 Å². The van der Waals surface area contributed by atoms with E-state index in [2.05, 4.69) is 5.32 Å². The Morgan fingerprint density at radius 3 is 1.45 bits per heavy atom. The Morgan fingerprint density at radius 1 is 0.636 bits per heavy atom. The lowest BCUT2D eigenvalue weighted by Crippen LogP contribution is -2.25. The monoisotopic (exact) mass is 311 g/mol. The van der Waals surface area contributed by atoms with Gasteiger partial charge in [0.15, 0.2) is 0 Å². The molecule has 0 aliphatic rings. The van der Waals surface area contributed by atoms with Crippen LogP contribution in [-0.4, -0.2) is 35.6 Å². The van der Waals surface area contributed by atoms with Gasteiger partial charge in [-0.15, -0.1) is 0 Å². The molecule has 0 aliphatic carbocycles. The third-order valence-corrected chi connectivity index (χ3v) is 3.17. The van der Waals surface area contributed by atoms with Crippen molar-refractivity contribution < 1.29 is 24.0 Å². The average Bonchev–Trinajstić information content (AvgIpc) is 2.48. The molecule has 0 aromatic heterocycles. The summed E-state index contributed by atoms with van der Waals surface area (Å²) in [6.45, 7) is 3.97. The molecule has 0 spiro atoms. The summed E-state index contributed by atoms with van der Waals surface area (Å²) in [5, 5.41) is 2.52. The van der Waals surface area contributed by atoms with Gasteiger partial charge in [0, 0.05) is 51.5 Å². The molecule has 0 aliphatic heterocycles. The fourth-order valence-corrected chi connectivity index (χ4v) is 1.79. The van der Waals surface area contributed by atoms with Gasteiger partial charge in [0.1, 0.15) is 23.1 Å². The number of hydrogen-bond acceptors (Lipinski definition) is 5. The molecular formula is C16H25NO5. The normalized spacial score (nSPS) is 10.1. The van der Waals surface area contributed by atoms with Crippen LogP contribution in [0.5, 0.6) is 0 Å². The van der Waals surface area contributed by atoms with Crippen LogP contribution in [0.15, 0.2) is 0 Å². The van der Waals surface area contributed by atoms with Crippen LogP contribution in [0.4, 0.5) is 0 Å². The highest BCUT2D eigenvalue weighted by Crippen LogP contribution is 2.05. The SMILES string of the molecule is CCNC(=O)CC(=O)CCC(=O)CCC(=O)CCC(=O)CC. The molecule has 0 atom stereocenters. The minimum atomic E-state index is -0.337.